The average Bonchev–Trinajstić information content (AvgIpc) is 2.64. The minimum atomic E-state index is 0.0614. The molecule has 1 aromatic carbocycles. The Balaban J connectivity index is 2.54. The van der Waals surface area contributed by atoms with Crippen LogP contribution in [0.15, 0.2) is 18.2 Å². The van der Waals surface area contributed by atoms with E-state index >= 15 is 0 Å². The summed E-state index contributed by atoms with van der Waals surface area (Å²) in [5, 5.41) is 1.08. The van der Waals surface area contributed by atoms with Crippen molar-refractivity contribution in [2.24, 2.45) is 5.73 Å². The molecule has 17 heavy (non-hydrogen) atoms. The van der Waals surface area contributed by atoms with Gasteiger partial charge in [0.15, 0.2) is 0 Å². The topological polar surface area (TPSA) is 38.9 Å². The Bertz CT molecular complexity index is 541. The molecular formula is C14H18N2S. The molecule has 2 aromatic rings. The minimum Gasteiger partial charge on any atom is -0.323 e. The Morgan fingerprint density at radius 3 is 2.53 bits per heavy atom. The van der Waals surface area contributed by atoms with Crippen LogP contribution in [0.3, 0.4) is 0 Å². The molecule has 90 valence electrons. The van der Waals surface area contributed by atoms with Gasteiger partial charge < -0.3 is 5.73 Å². The number of hydrogen-bond acceptors (Lipinski definition) is 3. The summed E-state index contributed by atoms with van der Waals surface area (Å²) in [6.07, 6.45) is 0. The number of nitrogens with zero attached hydrogens (tertiary/aromatic N) is 1. The van der Waals surface area contributed by atoms with Crippen molar-refractivity contribution in [1.82, 2.24) is 4.98 Å². The number of nitrogens with two attached hydrogens (primary N) is 1. The first-order valence-electron chi connectivity index (χ1n) is 5.80. The third-order valence-corrected chi connectivity index (χ3v) is 4.47. The quantitative estimate of drug-likeness (QED) is 0.876. The maximum absolute atomic E-state index is 5.94. The highest BCUT2D eigenvalue weighted by Gasteiger charge is 2.14. The van der Waals surface area contributed by atoms with Gasteiger partial charge in [-0.25, -0.2) is 4.98 Å². The molecule has 0 aliphatic carbocycles. The smallest absolute Gasteiger partial charge is 0.124 e. The van der Waals surface area contributed by atoms with E-state index in [-0.39, 0.29) is 6.04 Å². The first kappa shape index (κ1) is 12.3. The number of benzene rings is 1. The van der Waals surface area contributed by atoms with Crippen LogP contribution < -0.4 is 5.73 Å². The molecule has 1 heterocycles. The van der Waals surface area contributed by atoms with E-state index < -0.39 is 0 Å². The van der Waals surface area contributed by atoms with Gasteiger partial charge in [0.25, 0.3) is 0 Å². The van der Waals surface area contributed by atoms with Crippen molar-refractivity contribution in [3.8, 4) is 10.6 Å². The van der Waals surface area contributed by atoms with E-state index in [9.17, 15) is 0 Å². The monoisotopic (exact) mass is 246 g/mol. The molecule has 0 amide bonds. The van der Waals surface area contributed by atoms with Crippen molar-refractivity contribution in [2.75, 3.05) is 0 Å². The van der Waals surface area contributed by atoms with Gasteiger partial charge >= 0.3 is 0 Å². The summed E-state index contributed by atoms with van der Waals surface area (Å²) in [5.74, 6) is 0. The normalized spacial score (nSPS) is 12.8. The Kier molecular flexibility index (Phi) is 3.31. The number of hydrogen-bond donors (Lipinski definition) is 1. The Labute approximate surface area is 107 Å². The lowest BCUT2D eigenvalue weighted by Crippen LogP contribution is -2.03. The zero-order valence-electron chi connectivity index (χ0n) is 10.7. The lowest BCUT2D eigenvalue weighted by molar-refractivity contribution is 0.825. The molecule has 0 radical (unpaired) electrons. The summed E-state index contributed by atoms with van der Waals surface area (Å²) >= 11 is 1.71. The molecule has 0 bridgehead atoms. The van der Waals surface area contributed by atoms with Crippen molar-refractivity contribution in [1.29, 1.82) is 0 Å². The van der Waals surface area contributed by atoms with Crippen LogP contribution in [0.2, 0.25) is 0 Å². The summed E-state index contributed by atoms with van der Waals surface area (Å²) in [7, 11) is 0. The van der Waals surface area contributed by atoms with Crippen LogP contribution in [0.25, 0.3) is 10.6 Å². The summed E-state index contributed by atoms with van der Waals surface area (Å²) in [6, 6.07) is 6.41. The van der Waals surface area contributed by atoms with Gasteiger partial charge in [0.1, 0.15) is 5.01 Å². The summed E-state index contributed by atoms with van der Waals surface area (Å²) in [6.45, 7) is 8.32. The summed E-state index contributed by atoms with van der Waals surface area (Å²) in [4.78, 5) is 5.82. The molecule has 2 rings (SSSR count). The maximum Gasteiger partial charge on any atom is 0.124 e. The van der Waals surface area contributed by atoms with Crippen molar-refractivity contribution in [2.45, 2.75) is 33.7 Å². The largest absolute Gasteiger partial charge is 0.323 e. The van der Waals surface area contributed by atoms with Crippen molar-refractivity contribution >= 4 is 11.3 Å². The predicted octanol–water partition coefficient (Wildman–Crippen LogP) is 3.76. The Morgan fingerprint density at radius 2 is 1.94 bits per heavy atom. The molecule has 1 unspecified atom stereocenters. The van der Waals surface area contributed by atoms with E-state index in [1.54, 1.807) is 11.3 Å². The molecule has 2 N–H and O–H groups in total. The Hall–Kier alpha value is -1.19. The highest BCUT2D eigenvalue weighted by Crippen LogP contribution is 2.33. The average molecular weight is 246 g/mol. The summed E-state index contributed by atoms with van der Waals surface area (Å²) in [5.41, 5.74) is 10.8. The van der Waals surface area contributed by atoms with E-state index in [4.69, 9.17) is 5.73 Å². The SMILES string of the molecule is Cc1cccc(-c2nc(C)c(C(C)N)s2)c1C. The van der Waals surface area contributed by atoms with Gasteiger partial charge in [-0.05, 0) is 38.8 Å². The minimum absolute atomic E-state index is 0.0614. The van der Waals surface area contributed by atoms with Gasteiger partial charge in [0.05, 0.1) is 5.69 Å². The Morgan fingerprint density at radius 1 is 1.24 bits per heavy atom. The van der Waals surface area contributed by atoms with Crippen molar-refractivity contribution in [3.05, 3.63) is 39.9 Å². The number of thiazole rings is 1. The summed E-state index contributed by atoms with van der Waals surface area (Å²) < 4.78 is 0. The van der Waals surface area contributed by atoms with Gasteiger partial charge in [-0.3, -0.25) is 0 Å². The predicted molar refractivity (Wildman–Crippen MR) is 74.4 cm³/mol. The molecule has 2 nitrogen and oxygen atoms in total. The van der Waals surface area contributed by atoms with Gasteiger partial charge in [0, 0.05) is 16.5 Å². The van der Waals surface area contributed by atoms with Crippen LogP contribution in [-0.2, 0) is 0 Å². The fourth-order valence-corrected chi connectivity index (χ4v) is 3.03. The van der Waals surface area contributed by atoms with E-state index in [0.717, 1.165) is 10.7 Å². The molecule has 0 fully saturated rings. The van der Waals surface area contributed by atoms with Crippen LogP contribution in [0.4, 0.5) is 0 Å². The standard InChI is InChI=1S/C14H18N2S/c1-8-6-5-7-12(9(8)2)14-16-11(4)13(17-14)10(3)15/h5-7,10H,15H2,1-4H3. The van der Waals surface area contributed by atoms with Gasteiger partial charge in [0.2, 0.25) is 0 Å². The number of rotatable bonds is 2. The maximum atomic E-state index is 5.94. The third kappa shape index (κ3) is 2.26. The molecule has 0 saturated carbocycles. The second-order valence-electron chi connectivity index (χ2n) is 4.50. The fourth-order valence-electron chi connectivity index (χ4n) is 1.93. The molecular weight excluding hydrogens is 228 g/mol. The van der Waals surface area contributed by atoms with Gasteiger partial charge in [-0.2, -0.15) is 0 Å². The van der Waals surface area contributed by atoms with E-state index in [1.807, 2.05) is 13.8 Å². The zero-order valence-corrected chi connectivity index (χ0v) is 11.6. The zero-order chi connectivity index (χ0) is 12.6. The number of aromatic nitrogens is 1. The first-order chi connectivity index (χ1) is 8.00. The lowest BCUT2D eigenvalue weighted by atomic mass is 10.0. The second kappa shape index (κ2) is 4.59. The van der Waals surface area contributed by atoms with Crippen LogP contribution in [-0.4, -0.2) is 4.98 Å². The second-order valence-corrected chi connectivity index (χ2v) is 5.54. The molecule has 0 saturated heterocycles. The third-order valence-electron chi connectivity index (χ3n) is 3.08. The highest BCUT2D eigenvalue weighted by atomic mass is 32.1. The van der Waals surface area contributed by atoms with E-state index in [2.05, 4.69) is 37.0 Å². The van der Waals surface area contributed by atoms with Gasteiger partial charge in [-0.1, -0.05) is 18.2 Å². The molecule has 0 spiro atoms. The van der Waals surface area contributed by atoms with Crippen molar-refractivity contribution in [3.63, 3.8) is 0 Å². The van der Waals surface area contributed by atoms with Crippen molar-refractivity contribution < 1.29 is 0 Å². The van der Waals surface area contributed by atoms with E-state index in [1.165, 1.54) is 21.6 Å². The molecule has 0 aliphatic rings. The van der Waals surface area contributed by atoms with Crippen LogP contribution in [0.5, 0.6) is 0 Å². The van der Waals surface area contributed by atoms with Crippen LogP contribution >= 0.6 is 11.3 Å². The van der Waals surface area contributed by atoms with E-state index in [0.29, 0.717) is 0 Å². The molecule has 0 aliphatic heterocycles. The molecule has 3 heteroatoms. The lowest BCUT2D eigenvalue weighted by Gasteiger charge is -2.05. The molecule has 1 aromatic heterocycles. The van der Waals surface area contributed by atoms with Gasteiger partial charge in [-0.15, -0.1) is 11.3 Å². The highest BCUT2D eigenvalue weighted by molar-refractivity contribution is 7.15. The molecule has 1 atom stereocenters. The first-order valence-corrected chi connectivity index (χ1v) is 6.62. The number of aryl methyl sites for hydroxylation is 2. The van der Waals surface area contributed by atoms with Crippen LogP contribution in [0.1, 0.15) is 34.7 Å². The fraction of sp³-hybridized carbons (Fsp3) is 0.357. The van der Waals surface area contributed by atoms with Crippen LogP contribution in [0, 0.1) is 20.8 Å².